The Balaban J connectivity index is 2.47. The predicted octanol–water partition coefficient (Wildman–Crippen LogP) is 2.64. The predicted molar refractivity (Wildman–Crippen MR) is 104 cm³/mol. The Morgan fingerprint density at radius 1 is 1.21 bits per heavy atom. The average molecular weight is 351 g/mol. The Bertz CT molecular complexity index is 526. The molecule has 5 nitrogen and oxygen atoms in total. The summed E-state index contributed by atoms with van der Waals surface area (Å²) in [6.45, 7) is 11.7. The van der Waals surface area contributed by atoms with Gasteiger partial charge >= 0.3 is 0 Å². The molecule has 1 unspecified atom stereocenters. The lowest BCUT2D eigenvalue weighted by Gasteiger charge is -2.20. The van der Waals surface area contributed by atoms with Crippen LogP contribution >= 0.6 is 11.8 Å². The van der Waals surface area contributed by atoms with Gasteiger partial charge in [0.2, 0.25) is 5.91 Å². The van der Waals surface area contributed by atoms with Crippen LogP contribution in [-0.4, -0.2) is 42.3 Å². The normalized spacial score (nSPS) is 13.3. The first kappa shape index (κ1) is 20.4. The number of benzene rings is 1. The summed E-state index contributed by atoms with van der Waals surface area (Å²) in [5, 5.41) is 9.76. The summed E-state index contributed by atoms with van der Waals surface area (Å²) in [6.07, 6.45) is 0. The van der Waals surface area contributed by atoms with Crippen LogP contribution in [0.3, 0.4) is 0 Å². The Morgan fingerprint density at radius 2 is 1.88 bits per heavy atom. The zero-order valence-electron chi connectivity index (χ0n) is 15.3. The summed E-state index contributed by atoms with van der Waals surface area (Å²) in [5.41, 5.74) is -0.237. The van der Waals surface area contributed by atoms with Crippen LogP contribution in [0.4, 0.5) is 0 Å². The van der Waals surface area contributed by atoms with E-state index in [0.29, 0.717) is 11.2 Å². The van der Waals surface area contributed by atoms with Crippen LogP contribution in [0.25, 0.3) is 0 Å². The smallest absolute Gasteiger partial charge is 0.242 e. The first-order valence-electron chi connectivity index (χ1n) is 8.35. The highest BCUT2D eigenvalue weighted by Crippen LogP contribution is 2.21. The maximum absolute atomic E-state index is 11.9. The van der Waals surface area contributed by atoms with E-state index < -0.39 is 0 Å². The summed E-state index contributed by atoms with van der Waals surface area (Å²) in [6, 6.07) is 10.3. The van der Waals surface area contributed by atoms with Gasteiger partial charge in [-0.05, 0) is 39.8 Å². The third kappa shape index (κ3) is 9.45. The van der Waals surface area contributed by atoms with Crippen LogP contribution in [0, 0.1) is 0 Å². The van der Waals surface area contributed by atoms with Gasteiger partial charge in [-0.1, -0.05) is 25.1 Å². The fourth-order valence-electron chi connectivity index (χ4n) is 1.96. The molecule has 0 saturated heterocycles. The van der Waals surface area contributed by atoms with Crippen molar-refractivity contribution in [1.29, 1.82) is 0 Å². The third-order valence-corrected chi connectivity index (χ3v) is 3.99. The molecule has 6 heteroatoms. The summed E-state index contributed by atoms with van der Waals surface area (Å²) in [7, 11) is 0. The van der Waals surface area contributed by atoms with Gasteiger partial charge in [0.1, 0.15) is 6.54 Å². The number of thioether (sulfide) groups is 1. The van der Waals surface area contributed by atoms with Gasteiger partial charge in [0.05, 0.1) is 0 Å². The molecule has 0 bridgehead atoms. The molecule has 0 radical (unpaired) electrons. The Morgan fingerprint density at radius 3 is 2.46 bits per heavy atom. The highest BCUT2D eigenvalue weighted by molar-refractivity contribution is 8.00. The van der Waals surface area contributed by atoms with Crippen molar-refractivity contribution in [2.24, 2.45) is 4.99 Å². The maximum atomic E-state index is 11.9. The molecule has 0 aliphatic heterocycles. The van der Waals surface area contributed by atoms with Gasteiger partial charge in [0, 0.05) is 28.8 Å². The first-order chi connectivity index (χ1) is 11.3. The van der Waals surface area contributed by atoms with E-state index in [0.717, 1.165) is 13.1 Å². The topological polar surface area (TPSA) is 65.5 Å². The number of amides is 1. The zero-order chi connectivity index (χ0) is 18.0. The van der Waals surface area contributed by atoms with Crippen LogP contribution < -0.4 is 16.0 Å². The van der Waals surface area contributed by atoms with E-state index >= 15 is 0 Å². The highest BCUT2D eigenvalue weighted by atomic mass is 32.2. The van der Waals surface area contributed by atoms with Gasteiger partial charge in [-0.3, -0.25) is 4.79 Å². The minimum absolute atomic E-state index is 0.0774. The second kappa shape index (κ2) is 10.2. The number of carbonyl (C=O) groups is 1. The van der Waals surface area contributed by atoms with Crippen LogP contribution in [-0.2, 0) is 4.79 Å². The second-order valence-corrected chi connectivity index (χ2v) is 8.13. The molecule has 0 aromatic heterocycles. The summed E-state index contributed by atoms with van der Waals surface area (Å²) >= 11 is 1.81. The first-order valence-corrected chi connectivity index (χ1v) is 9.23. The molecule has 1 amide bonds. The van der Waals surface area contributed by atoms with Crippen LogP contribution in [0.1, 0.15) is 34.6 Å². The van der Waals surface area contributed by atoms with Crippen molar-refractivity contribution < 1.29 is 4.79 Å². The van der Waals surface area contributed by atoms with Gasteiger partial charge in [-0.15, -0.1) is 11.8 Å². The van der Waals surface area contributed by atoms with Gasteiger partial charge in [-0.25, -0.2) is 4.99 Å². The molecular weight excluding hydrogens is 320 g/mol. The second-order valence-electron chi connectivity index (χ2n) is 6.62. The molecule has 0 aliphatic carbocycles. The molecule has 1 atom stereocenters. The molecule has 0 saturated carbocycles. The molecule has 1 aromatic rings. The summed E-state index contributed by atoms with van der Waals surface area (Å²) < 4.78 is 0. The minimum Gasteiger partial charge on any atom is -0.357 e. The number of nitrogens with zero attached hydrogens (tertiary/aromatic N) is 1. The van der Waals surface area contributed by atoms with Crippen molar-refractivity contribution in [3.05, 3.63) is 30.3 Å². The van der Waals surface area contributed by atoms with E-state index in [-0.39, 0.29) is 18.0 Å². The van der Waals surface area contributed by atoms with Crippen LogP contribution in [0.2, 0.25) is 0 Å². The number of nitrogens with one attached hydrogen (secondary N) is 3. The number of hydrogen-bond acceptors (Lipinski definition) is 3. The lowest BCUT2D eigenvalue weighted by Crippen LogP contribution is -2.44. The molecule has 3 N–H and O–H groups in total. The van der Waals surface area contributed by atoms with Crippen molar-refractivity contribution in [2.45, 2.75) is 50.3 Å². The van der Waals surface area contributed by atoms with Crippen LogP contribution in [0.5, 0.6) is 0 Å². The number of hydrogen-bond donors (Lipinski definition) is 3. The van der Waals surface area contributed by atoms with Crippen molar-refractivity contribution in [1.82, 2.24) is 16.0 Å². The average Bonchev–Trinajstić information content (AvgIpc) is 2.49. The van der Waals surface area contributed by atoms with Gasteiger partial charge in [0.25, 0.3) is 0 Å². The maximum Gasteiger partial charge on any atom is 0.242 e. The van der Waals surface area contributed by atoms with E-state index in [1.54, 1.807) is 0 Å². The molecule has 0 fully saturated rings. The van der Waals surface area contributed by atoms with E-state index in [2.05, 4.69) is 40.0 Å². The largest absolute Gasteiger partial charge is 0.357 e. The van der Waals surface area contributed by atoms with E-state index in [1.807, 2.05) is 57.7 Å². The van der Waals surface area contributed by atoms with Crippen molar-refractivity contribution >= 4 is 23.6 Å². The van der Waals surface area contributed by atoms with Gasteiger partial charge < -0.3 is 16.0 Å². The Hall–Kier alpha value is -1.69. The summed E-state index contributed by atoms with van der Waals surface area (Å²) in [5.74, 6) is 0.591. The van der Waals surface area contributed by atoms with Gasteiger partial charge in [0.15, 0.2) is 5.96 Å². The molecule has 1 rings (SSSR count). The molecule has 1 aromatic carbocycles. The van der Waals surface area contributed by atoms with E-state index in [1.165, 1.54) is 4.90 Å². The molecule has 0 heterocycles. The van der Waals surface area contributed by atoms with E-state index in [9.17, 15) is 4.79 Å². The number of carbonyl (C=O) groups excluding carboxylic acids is 1. The SMILES string of the molecule is CCNC(=NCC(=O)NC(C)(C)C)NCC(C)Sc1ccccc1. The van der Waals surface area contributed by atoms with E-state index in [4.69, 9.17) is 0 Å². The number of guanidine groups is 1. The monoisotopic (exact) mass is 350 g/mol. The van der Waals surface area contributed by atoms with Crippen molar-refractivity contribution in [2.75, 3.05) is 19.6 Å². The molecular formula is C18H30N4OS. The Labute approximate surface area is 150 Å². The molecule has 24 heavy (non-hydrogen) atoms. The molecule has 0 aliphatic rings. The Kier molecular flexibility index (Phi) is 8.68. The zero-order valence-corrected chi connectivity index (χ0v) is 16.2. The van der Waals surface area contributed by atoms with Crippen molar-refractivity contribution in [3.8, 4) is 0 Å². The number of rotatable bonds is 7. The molecule has 0 spiro atoms. The highest BCUT2D eigenvalue weighted by Gasteiger charge is 2.13. The minimum atomic E-state index is -0.237. The number of aliphatic imine (C=N–C) groups is 1. The van der Waals surface area contributed by atoms with Crippen molar-refractivity contribution in [3.63, 3.8) is 0 Å². The lowest BCUT2D eigenvalue weighted by atomic mass is 10.1. The van der Waals surface area contributed by atoms with Crippen LogP contribution in [0.15, 0.2) is 40.2 Å². The summed E-state index contributed by atoms with van der Waals surface area (Å²) in [4.78, 5) is 17.5. The molecule has 134 valence electrons. The van der Waals surface area contributed by atoms with Gasteiger partial charge in [-0.2, -0.15) is 0 Å². The standard InChI is InChI=1S/C18H30N4OS/c1-6-19-17(21-13-16(23)22-18(3,4)5)20-12-14(2)24-15-10-8-7-9-11-15/h7-11,14H,6,12-13H2,1-5H3,(H,22,23)(H2,19,20,21). The lowest BCUT2D eigenvalue weighted by molar-refractivity contribution is -0.121. The fraction of sp³-hybridized carbons (Fsp3) is 0.556. The quantitative estimate of drug-likeness (QED) is 0.402. The third-order valence-electron chi connectivity index (χ3n) is 2.88. The fourth-order valence-corrected chi connectivity index (χ4v) is 2.91.